The van der Waals surface area contributed by atoms with Crippen molar-refractivity contribution in [2.24, 2.45) is 0 Å². The first-order chi connectivity index (χ1) is 15.0. The van der Waals surface area contributed by atoms with E-state index in [4.69, 9.17) is 16.3 Å². The highest BCUT2D eigenvalue weighted by atomic mass is 19.4. The number of hydrogen-bond donors (Lipinski definition) is 0. The van der Waals surface area contributed by atoms with Crippen molar-refractivity contribution in [2.45, 2.75) is 18.9 Å². The lowest BCUT2D eigenvalue weighted by molar-refractivity contribution is -0.136. The molecule has 0 amide bonds. The molecule has 32 heavy (non-hydrogen) atoms. The Morgan fingerprint density at radius 3 is 2.22 bits per heavy atom. The van der Waals surface area contributed by atoms with Crippen molar-refractivity contribution < 1.29 is 30.8 Å². The average Bonchev–Trinajstić information content (AvgIpc) is 3.20. The molecule has 0 radical (unpaired) electrons. The van der Waals surface area contributed by atoms with Crippen LogP contribution < -0.4 is 4.90 Å². The van der Waals surface area contributed by atoms with E-state index in [0.717, 1.165) is 12.1 Å². The number of halogens is 6. The largest absolute Gasteiger partial charge is 0.459 e. The molecule has 2 aromatic carbocycles. The van der Waals surface area contributed by atoms with Crippen molar-refractivity contribution in [1.82, 2.24) is 0 Å². The van der Waals surface area contributed by atoms with Gasteiger partial charge in [0.2, 0.25) is 0 Å². The van der Waals surface area contributed by atoms with Crippen LogP contribution in [0.3, 0.4) is 0 Å². The van der Waals surface area contributed by atoms with Gasteiger partial charge in [0.05, 0.1) is 30.3 Å². The zero-order chi connectivity index (χ0) is 23.5. The SMILES string of the molecule is [C-]#[N+]c1ccc(N(Cc2ccc(-c3ccc(C#N)cc3)o2)CC(F)(F)F)cc1C(F)(F)F. The Bertz CT molecular complexity index is 1180. The molecule has 0 bridgehead atoms. The van der Waals surface area contributed by atoms with E-state index in [1.54, 1.807) is 24.3 Å². The molecule has 0 fully saturated rings. The van der Waals surface area contributed by atoms with Crippen LogP contribution in [-0.2, 0) is 12.7 Å². The molecule has 0 aliphatic carbocycles. The van der Waals surface area contributed by atoms with Crippen molar-refractivity contribution in [1.29, 1.82) is 5.26 Å². The lowest BCUT2D eigenvalue weighted by Gasteiger charge is -2.26. The molecule has 3 aromatic rings. The fourth-order valence-electron chi connectivity index (χ4n) is 3.02. The third-order valence-corrected chi connectivity index (χ3v) is 4.45. The number of hydrogen-bond acceptors (Lipinski definition) is 3. The number of furan rings is 1. The van der Waals surface area contributed by atoms with Crippen molar-refractivity contribution >= 4 is 11.4 Å². The van der Waals surface area contributed by atoms with Crippen molar-refractivity contribution in [3.63, 3.8) is 0 Å². The first-order valence-corrected chi connectivity index (χ1v) is 9.00. The molecular formula is C22H13F6N3O. The molecule has 4 nitrogen and oxygen atoms in total. The fraction of sp³-hybridized carbons (Fsp3) is 0.182. The third kappa shape index (κ3) is 5.41. The number of alkyl halides is 6. The number of nitrogens with zero attached hydrogens (tertiary/aromatic N) is 3. The number of benzene rings is 2. The molecule has 10 heteroatoms. The summed E-state index contributed by atoms with van der Waals surface area (Å²) in [6.45, 7) is 4.90. The van der Waals surface area contributed by atoms with Crippen LogP contribution >= 0.6 is 0 Å². The zero-order valence-electron chi connectivity index (χ0n) is 16.1. The lowest BCUT2D eigenvalue weighted by atomic mass is 10.1. The minimum Gasteiger partial charge on any atom is -0.459 e. The van der Waals surface area contributed by atoms with Gasteiger partial charge in [-0.05, 0) is 48.5 Å². The van der Waals surface area contributed by atoms with E-state index >= 15 is 0 Å². The second-order valence-electron chi connectivity index (χ2n) is 6.74. The van der Waals surface area contributed by atoms with Crippen molar-refractivity contribution in [3.8, 4) is 17.4 Å². The van der Waals surface area contributed by atoms with Crippen LogP contribution in [0.2, 0.25) is 0 Å². The van der Waals surface area contributed by atoms with Crippen LogP contribution in [0.4, 0.5) is 37.7 Å². The van der Waals surface area contributed by atoms with E-state index in [9.17, 15) is 26.3 Å². The summed E-state index contributed by atoms with van der Waals surface area (Å²) in [6, 6.07) is 13.6. The van der Waals surface area contributed by atoms with Crippen molar-refractivity contribution in [3.05, 3.63) is 82.9 Å². The Balaban J connectivity index is 1.94. The van der Waals surface area contributed by atoms with E-state index in [0.29, 0.717) is 27.9 Å². The molecule has 164 valence electrons. The van der Waals surface area contributed by atoms with E-state index in [2.05, 4.69) is 4.85 Å². The Kier molecular flexibility index (Phi) is 6.17. The Labute approximate surface area is 178 Å². The van der Waals surface area contributed by atoms with Crippen LogP contribution in [0.15, 0.2) is 59.0 Å². The molecule has 0 N–H and O–H groups in total. The maximum Gasteiger partial charge on any atom is 0.407 e. The second kappa shape index (κ2) is 8.67. The standard InChI is InChI=1S/C22H13F6N3O/c1-30-19-8-6-16(10-18(19)22(26,27)28)31(13-21(23,24)25)12-17-7-9-20(32-17)15-4-2-14(11-29)3-5-15/h2-10H,12-13H2. The summed E-state index contributed by atoms with van der Waals surface area (Å²) in [6.07, 6.45) is -9.59. The quantitative estimate of drug-likeness (QED) is 0.313. The maximum atomic E-state index is 13.3. The molecule has 0 aliphatic rings. The van der Waals surface area contributed by atoms with Crippen LogP contribution in [0.5, 0.6) is 0 Å². The van der Waals surface area contributed by atoms with Gasteiger partial charge in [0.25, 0.3) is 0 Å². The van der Waals surface area contributed by atoms with E-state index in [-0.39, 0.29) is 11.4 Å². The first kappa shape index (κ1) is 22.8. The van der Waals surface area contributed by atoms with Gasteiger partial charge >= 0.3 is 12.4 Å². The van der Waals surface area contributed by atoms with Gasteiger partial charge in [-0.1, -0.05) is 6.07 Å². The summed E-state index contributed by atoms with van der Waals surface area (Å²) in [4.78, 5) is 3.49. The maximum absolute atomic E-state index is 13.3. The highest BCUT2D eigenvalue weighted by Crippen LogP contribution is 2.39. The second-order valence-corrected chi connectivity index (χ2v) is 6.74. The molecular weight excluding hydrogens is 436 g/mol. The van der Waals surface area contributed by atoms with Gasteiger partial charge in [0.15, 0.2) is 5.69 Å². The van der Waals surface area contributed by atoms with E-state index in [1.807, 2.05) is 6.07 Å². The highest BCUT2D eigenvalue weighted by molar-refractivity contribution is 5.63. The van der Waals surface area contributed by atoms with Crippen LogP contribution in [0.25, 0.3) is 16.2 Å². The lowest BCUT2D eigenvalue weighted by Crippen LogP contribution is -2.33. The summed E-state index contributed by atoms with van der Waals surface area (Å²) >= 11 is 0. The Morgan fingerprint density at radius 1 is 0.969 bits per heavy atom. The van der Waals surface area contributed by atoms with Crippen LogP contribution in [0.1, 0.15) is 16.9 Å². The zero-order valence-corrected chi connectivity index (χ0v) is 16.1. The molecule has 0 spiro atoms. The molecule has 1 aromatic heterocycles. The molecule has 0 saturated carbocycles. The van der Waals surface area contributed by atoms with Gasteiger partial charge in [0, 0.05) is 11.3 Å². The Morgan fingerprint density at radius 2 is 1.66 bits per heavy atom. The highest BCUT2D eigenvalue weighted by Gasteiger charge is 2.36. The minimum atomic E-state index is -4.90. The molecule has 0 saturated heterocycles. The fourth-order valence-corrected chi connectivity index (χ4v) is 3.02. The Hall–Kier alpha value is -3.92. The summed E-state index contributed by atoms with van der Waals surface area (Å²) in [7, 11) is 0. The van der Waals surface area contributed by atoms with Gasteiger partial charge in [-0.3, -0.25) is 0 Å². The molecule has 0 unspecified atom stereocenters. The minimum absolute atomic E-state index is 0.0939. The van der Waals surface area contributed by atoms with Gasteiger partial charge in [-0.2, -0.15) is 31.6 Å². The molecule has 1 heterocycles. The summed E-state index contributed by atoms with van der Waals surface area (Å²) in [5.74, 6) is 0.423. The normalized spacial score (nSPS) is 11.6. The summed E-state index contributed by atoms with van der Waals surface area (Å²) < 4.78 is 84.8. The number of nitriles is 1. The molecule has 0 atom stereocenters. The van der Waals surface area contributed by atoms with Gasteiger partial charge in [0.1, 0.15) is 18.1 Å². The smallest absolute Gasteiger partial charge is 0.407 e. The summed E-state index contributed by atoms with van der Waals surface area (Å²) in [5, 5.41) is 8.85. The van der Waals surface area contributed by atoms with E-state index in [1.165, 1.54) is 12.1 Å². The molecule has 0 aliphatic heterocycles. The number of anilines is 1. The first-order valence-electron chi connectivity index (χ1n) is 9.00. The topological polar surface area (TPSA) is 44.5 Å². The van der Waals surface area contributed by atoms with Gasteiger partial charge < -0.3 is 9.32 Å². The number of rotatable bonds is 5. The summed E-state index contributed by atoms with van der Waals surface area (Å²) in [5.41, 5.74) is -1.36. The van der Waals surface area contributed by atoms with E-state index < -0.39 is 36.7 Å². The third-order valence-electron chi connectivity index (χ3n) is 4.45. The predicted octanol–water partition coefficient (Wildman–Crippen LogP) is 6.96. The van der Waals surface area contributed by atoms with Crippen LogP contribution in [0, 0.1) is 17.9 Å². The molecule has 3 rings (SSSR count). The average molecular weight is 449 g/mol. The van der Waals surface area contributed by atoms with Gasteiger partial charge in [-0.15, -0.1) is 0 Å². The van der Waals surface area contributed by atoms with Crippen molar-refractivity contribution in [2.75, 3.05) is 11.4 Å². The van der Waals surface area contributed by atoms with Gasteiger partial charge in [-0.25, -0.2) is 4.85 Å². The monoisotopic (exact) mass is 449 g/mol. The predicted molar refractivity (Wildman–Crippen MR) is 104 cm³/mol. The van der Waals surface area contributed by atoms with Crippen LogP contribution in [-0.4, -0.2) is 12.7 Å².